The van der Waals surface area contributed by atoms with E-state index in [2.05, 4.69) is 13.8 Å². The average molecular weight is 539 g/mol. The van der Waals surface area contributed by atoms with E-state index in [1.165, 1.54) is 16.7 Å². The van der Waals surface area contributed by atoms with E-state index in [-0.39, 0.29) is 48.7 Å². The molecule has 10 heteroatoms. The van der Waals surface area contributed by atoms with Gasteiger partial charge in [-0.25, -0.2) is 4.79 Å². The molecule has 0 spiro atoms. The second kappa shape index (κ2) is 10.9. The summed E-state index contributed by atoms with van der Waals surface area (Å²) in [4.78, 5) is 80.5. The van der Waals surface area contributed by atoms with E-state index in [9.17, 15) is 28.8 Å². The summed E-state index contributed by atoms with van der Waals surface area (Å²) < 4.78 is 0. The lowest BCUT2D eigenvalue weighted by Crippen LogP contribution is -2.50. The van der Waals surface area contributed by atoms with E-state index in [1.807, 2.05) is 27.7 Å². The molecule has 2 saturated heterocycles. The van der Waals surface area contributed by atoms with E-state index >= 15 is 0 Å². The number of nitrogens with zero attached hydrogens (tertiary/aromatic N) is 2. The average Bonchev–Trinajstić information content (AvgIpc) is 3.16. The normalized spacial score (nSPS) is 19.8. The third-order valence-corrected chi connectivity index (χ3v) is 8.71. The number of hydrogen-bond acceptors (Lipinski definition) is 8. The number of thioether (sulfide) groups is 1. The van der Waals surface area contributed by atoms with Crippen molar-refractivity contribution in [3.05, 3.63) is 0 Å². The first-order valence-corrected chi connectivity index (χ1v) is 13.8. The molecular weight excluding hydrogens is 496 g/mol. The molecule has 0 bridgehead atoms. The smallest absolute Gasteiger partial charge is 0.330 e. The Morgan fingerprint density at radius 3 is 1.92 bits per heavy atom. The van der Waals surface area contributed by atoms with Crippen molar-refractivity contribution in [3.8, 4) is 0 Å². The fourth-order valence-electron chi connectivity index (χ4n) is 5.56. The van der Waals surface area contributed by atoms with Crippen LogP contribution in [0.25, 0.3) is 0 Å². The lowest BCUT2D eigenvalue weighted by Gasteiger charge is -2.40. The highest BCUT2D eigenvalue weighted by molar-refractivity contribution is 8.00. The predicted molar refractivity (Wildman–Crippen MR) is 140 cm³/mol. The Balaban J connectivity index is 2.01. The second-order valence-electron chi connectivity index (χ2n) is 13.2. The zero-order valence-corrected chi connectivity index (χ0v) is 24.5. The van der Waals surface area contributed by atoms with Gasteiger partial charge in [0.05, 0.1) is 11.7 Å². The third kappa shape index (κ3) is 7.88. The molecule has 208 valence electrons. The van der Waals surface area contributed by atoms with Crippen LogP contribution < -0.4 is 0 Å². The monoisotopic (exact) mass is 538 g/mol. The van der Waals surface area contributed by atoms with Gasteiger partial charge >= 0.3 is 5.97 Å². The summed E-state index contributed by atoms with van der Waals surface area (Å²) in [6, 6.07) is 0. The summed E-state index contributed by atoms with van der Waals surface area (Å²) in [6.07, 6.45) is 1.05. The van der Waals surface area contributed by atoms with E-state index in [0.717, 1.165) is 0 Å². The van der Waals surface area contributed by atoms with E-state index in [0.29, 0.717) is 23.7 Å². The van der Waals surface area contributed by atoms with Crippen LogP contribution in [0.4, 0.5) is 0 Å². The van der Waals surface area contributed by atoms with Crippen LogP contribution in [0.1, 0.15) is 101 Å². The number of hydroxylamine groups is 2. The Morgan fingerprint density at radius 1 is 0.865 bits per heavy atom. The van der Waals surface area contributed by atoms with E-state index in [4.69, 9.17) is 4.84 Å². The van der Waals surface area contributed by atoms with Gasteiger partial charge < -0.3 is 4.84 Å². The number of likely N-dealkylation sites (tertiary alicyclic amines) is 1. The van der Waals surface area contributed by atoms with Gasteiger partial charge in [-0.05, 0) is 50.2 Å². The first-order valence-electron chi connectivity index (χ1n) is 12.7. The Kier molecular flexibility index (Phi) is 9.10. The number of Topliss-reactive ketones (excluding diaryl/α,β-unsaturated/α-hetero) is 1. The molecule has 0 aliphatic carbocycles. The zero-order valence-electron chi connectivity index (χ0n) is 23.7. The summed E-state index contributed by atoms with van der Waals surface area (Å²) in [5, 5.41) is 0.0320. The molecule has 1 atom stereocenters. The molecule has 0 saturated carbocycles. The minimum absolute atomic E-state index is 0.0204. The molecule has 0 aromatic rings. The van der Waals surface area contributed by atoms with Gasteiger partial charge in [-0.2, -0.15) is 0 Å². The first-order chi connectivity index (χ1) is 16.7. The van der Waals surface area contributed by atoms with Crippen molar-refractivity contribution in [2.24, 2.45) is 16.2 Å². The number of carbonyl (C=O) groups excluding carboxylic acids is 6. The summed E-state index contributed by atoms with van der Waals surface area (Å²) >= 11 is 1.46. The standard InChI is InChI=1S/C27H42N2O7S/c1-17(30)26(6,7)14-25(4,5)16-37-18-12-21(33)28(23(18)35)27(8,9)15-24(2,3)13-22(34)36-29-19(31)10-11-20(29)32/h18H,10-16H2,1-9H3. The largest absolute Gasteiger partial charge is 0.333 e. The minimum atomic E-state index is -0.862. The van der Waals surface area contributed by atoms with Gasteiger partial charge in [-0.3, -0.25) is 28.9 Å². The lowest BCUT2D eigenvalue weighted by atomic mass is 9.74. The number of rotatable bonds is 12. The van der Waals surface area contributed by atoms with Crippen molar-refractivity contribution in [1.82, 2.24) is 9.96 Å². The van der Waals surface area contributed by atoms with Crippen LogP contribution in [0.5, 0.6) is 0 Å². The van der Waals surface area contributed by atoms with Crippen LogP contribution in [0.15, 0.2) is 0 Å². The Labute approximate surface area is 224 Å². The maximum atomic E-state index is 13.3. The molecule has 2 rings (SSSR count). The quantitative estimate of drug-likeness (QED) is 0.341. The highest BCUT2D eigenvalue weighted by Gasteiger charge is 2.48. The Bertz CT molecular complexity index is 967. The molecule has 4 amide bonds. The van der Waals surface area contributed by atoms with Gasteiger partial charge in [-0.15, -0.1) is 16.8 Å². The van der Waals surface area contributed by atoms with E-state index < -0.39 is 39.4 Å². The highest BCUT2D eigenvalue weighted by Crippen LogP contribution is 2.42. The van der Waals surface area contributed by atoms with Crippen molar-refractivity contribution < 1.29 is 33.6 Å². The first kappa shape index (κ1) is 31.0. The van der Waals surface area contributed by atoms with Crippen LogP contribution in [0, 0.1) is 16.2 Å². The second-order valence-corrected chi connectivity index (χ2v) is 14.4. The number of hydrogen-bond donors (Lipinski definition) is 0. The lowest BCUT2D eigenvalue weighted by molar-refractivity contribution is -0.199. The summed E-state index contributed by atoms with van der Waals surface area (Å²) in [6.45, 7) is 16.8. The van der Waals surface area contributed by atoms with Crippen LogP contribution >= 0.6 is 11.8 Å². The molecular formula is C27H42N2O7S. The van der Waals surface area contributed by atoms with Crippen molar-refractivity contribution in [2.75, 3.05) is 5.75 Å². The molecule has 0 aromatic heterocycles. The minimum Gasteiger partial charge on any atom is -0.330 e. The molecule has 2 aliphatic heterocycles. The van der Waals surface area contributed by atoms with E-state index in [1.54, 1.807) is 20.8 Å². The fourth-order valence-corrected chi connectivity index (χ4v) is 6.83. The molecule has 37 heavy (non-hydrogen) atoms. The summed E-state index contributed by atoms with van der Waals surface area (Å²) in [5.41, 5.74) is -2.21. The van der Waals surface area contributed by atoms with Gasteiger partial charge in [0.25, 0.3) is 11.8 Å². The number of amides is 4. The van der Waals surface area contributed by atoms with Gasteiger partial charge in [0.1, 0.15) is 5.78 Å². The maximum absolute atomic E-state index is 13.3. The molecule has 1 unspecified atom stereocenters. The van der Waals surface area contributed by atoms with Gasteiger partial charge in [-0.1, -0.05) is 41.5 Å². The van der Waals surface area contributed by atoms with Crippen LogP contribution in [-0.2, 0) is 33.6 Å². The number of ketones is 1. The molecule has 0 aromatic carbocycles. The van der Waals surface area contributed by atoms with Crippen molar-refractivity contribution in [3.63, 3.8) is 0 Å². The van der Waals surface area contributed by atoms with Crippen LogP contribution in [0.3, 0.4) is 0 Å². The van der Waals surface area contributed by atoms with Crippen molar-refractivity contribution in [2.45, 2.75) is 112 Å². The zero-order chi connectivity index (χ0) is 28.6. The number of carbonyl (C=O) groups is 6. The molecule has 0 N–H and O–H groups in total. The van der Waals surface area contributed by atoms with Crippen molar-refractivity contribution in [1.29, 1.82) is 0 Å². The highest BCUT2D eigenvalue weighted by atomic mass is 32.2. The van der Waals surface area contributed by atoms with Crippen LogP contribution in [-0.4, -0.2) is 61.9 Å². The van der Waals surface area contributed by atoms with Gasteiger partial charge in [0.15, 0.2) is 0 Å². The number of imide groups is 2. The molecule has 2 heterocycles. The third-order valence-electron chi connectivity index (χ3n) is 6.99. The van der Waals surface area contributed by atoms with Gasteiger partial charge in [0.2, 0.25) is 11.8 Å². The SMILES string of the molecule is CC(=O)C(C)(C)CC(C)(C)CSC1CC(=O)N(C(C)(C)CC(C)(C)CC(=O)ON2C(=O)CCC2=O)C1=O. The van der Waals surface area contributed by atoms with Gasteiger partial charge in [0, 0.05) is 30.2 Å². The molecule has 0 radical (unpaired) electrons. The predicted octanol–water partition coefficient (Wildman–Crippen LogP) is 4.07. The Morgan fingerprint density at radius 2 is 1.41 bits per heavy atom. The topological polar surface area (TPSA) is 118 Å². The van der Waals surface area contributed by atoms with Crippen molar-refractivity contribution >= 4 is 47.1 Å². The summed E-state index contributed by atoms with van der Waals surface area (Å²) in [5.74, 6) is -1.53. The fraction of sp³-hybridized carbons (Fsp3) is 0.778. The van der Waals surface area contributed by atoms with Crippen LogP contribution in [0.2, 0.25) is 0 Å². The molecule has 2 fully saturated rings. The maximum Gasteiger partial charge on any atom is 0.333 e. The summed E-state index contributed by atoms with van der Waals surface area (Å²) in [7, 11) is 0. The molecule has 9 nitrogen and oxygen atoms in total. The molecule has 2 aliphatic rings. The Hall–Kier alpha value is -2.23.